The van der Waals surface area contributed by atoms with Crippen LogP contribution in [0, 0.1) is 5.41 Å². The molecule has 0 atom stereocenters. The zero-order valence-electron chi connectivity index (χ0n) is 10.1. The molecule has 1 saturated carbocycles. The molecule has 0 aromatic carbocycles. The number of nitrogens with zero attached hydrogens (tertiary/aromatic N) is 1. The lowest BCUT2D eigenvalue weighted by Crippen LogP contribution is -2.46. The number of ether oxygens (including phenoxy) is 1. The summed E-state index contributed by atoms with van der Waals surface area (Å²) in [6.45, 7) is 4.26. The summed E-state index contributed by atoms with van der Waals surface area (Å²) < 4.78 is 5.48. The Kier molecular flexibility index (Phi) is 3.65. The van der Waals surface area contributed by atoms with Gasteiger partial charge in [-0.1, -0.05) is 0 Å². The molecule has 2 fully saturated rings. The first-order valence-electron chi connectivity index (χ1n) is 6.18. The molecule has 1 heterocycles. The SMILES string of the molecule is CNCC1(CN(C)C2CC2)CCOCC1. The van der Waals surface area contributed by atoms with Gasteiger partial charge < -0.3 is 15.0 Å². The van der Waals surface area contributed by atoms with Crippen molar-refractivity contribution < 1.29 is 4.74 Å². The van der Waals surface area contributed by atoms with Crippen LogP contribution < -0.4 is 5.32 Å². The lowest BCUT2D eigenvalue weighted by atomic mass is 9.79. The van der Waals surface area contributed by atoms with E-state index >= 15 is 0 Å². The second-order valence-corrected chi connectivity index (χ2v) is 5.29. The van der Waals surface area contributed by atoms with E-state index in [-0.39, 0.29) is 0 Å². The molecule has 3 nitrogen and oxygen atoms in total. The van der Waals surface area contributed by atoms with Crippen molar-refractivity contribution in [2.75, 3.05) is 40.4 Å². The molecule has 2 aliphatic rings. The second-order valence-electron chi connectivity index (χ2n) is 5.29. The van der Waals surface area contributed by atoms with Crippen LogP contribution in [0.25, 0.3) is 0 Å². The summed E-state index contributed by atoms with van der Waals surface area (Å²) in [6.07, 6.45) is 5.24. The van der Waals surface area contributed by atoms with Gasteiger partial charge in [0.05, 0.1) is 0 Å². The Bertz CT molecular complexity index is 192. The minimum Gasteiger partial charge on any atom is -0.381 e. The molecule has 0 spiro atoms. The molecular weight excluding hydrogens is 188 g/mol. The van der Waals surface area contributed by atoms with Gasteiger partial charge in [0, 0.05) is 32.3 Å². The molecule has 1 saturated heterocycles. The molecule has 0 amide bonds. The fourth-order valence-electron chi connectivity index (χ4n) is 2.74. The third-order valence-electron chi connectivity index (χ3n) is 3.86. The van der Waals surface area contributed by atoms with Crippen LogP contribution in [0.5, 0.6) is 0 Å². The first-order chi connectivity index (χ1) is 7.26. The predicted molar refractivity (Wildman–Crippen MR) is 62.1 cm³/mol. The van der Waals surface area contributed by atoms with Gasteiger partial charge in [-0.2, -0.15) is 0 Å². The normalized spacial score (nSPS) is 25.8. The molecule has 1 aliphatic carbocycles. The summed E-state index contributed by atoms with van der Waals surface area (Å²) in [5.74, 6) is 0. The lowest BCUT2D eigenvalue weighted by Gasteiger charge is -2.40. The van der Waals surface area contributed by atoms with Crippen LogP contribution in [0.2, 0.25) is 0 Å². The van der Waals surface area contributed by atoms with E-state index in [0.717, 1.165) is 25.8 Å². The van der Waals surface area contributed by atoms with E-state index in [1.807, 2.05) is 0 Å². The molecule has 0 radical (unpaired) electrons. The largest absolute Gasteiger partial charge is 0.381 e. The summed E-state index contributed by atoms with van der Waals surface area (Å²) in [5.41, 5.74) is 0.463. The van der Waals surface area contributed by atoms with E-state index in [4.69, 9.17) is 4.74 Å². The summed E-state index contributed by atoms with van der Waals surface area (Å²) >= 11 is 0. The van der Waals surface area contributed by atoms with Crippen LogP contribution >= 0.6 is 0 Å². The van der Waals surface area contributed by atoms with Crippen molar-refractivity contribution in [3.63, 3.8) is 0 Å². The molecule has 15 heavy (non-hydrogen) atoms. The van der Waals surface area contributed by atoms with Gasteiger partial charge in [0.2, 0.25) is 0 Å². The summed E-state index contributed by atoms with van der Waals surface area (Å²) in [4.78, 5) is 2.56. The van der Waals surface area contributed by atoms with Crippen molar-refractivity contribution in [1.82, 2.24) is 10.2 Å². The van der Waals surface area contributed by atoms with Crippen molar-refractivity contribution in [2.45, 2.75) is 31.7 Å². The molecule has 2 rings (SSSR count). The Morgan fingerprint density at radius 2 is 2.00 bits per heavy atom. The molecule has 0 aromatic rings. The maximum Gasteiger partial charge on any atom is 0.0472 e. The minimum atomic E-state index is 0.463. The Hall–Kier alpha value is -0.120. The Balaban J connectivity index is 1.90. The van der Waals surface area contributed by atoms with Crippen LogP contribution in [0.4, 0.5) is 0 Å². The Morgan fingerprint density at radius 1 is 1.33 bits per heavy atom. The Labute approximate surface area is 93.2 Å². The van der Waals surface area contributed by atoms with Gasteiger partial charge in [0.1, 0.15) is 0 Å². The van der Waals surface area contributed by atoms with E-state index in [0.29, 0.717) is 5.41 Å². The van der Waals surface area contributed by atoms with Crippen molar-refractivity contribution in [2.24, 2.45) is 5.41 Å². The summed E-state index contributed by atoms with van der Waals surface area (Å²) in [6, 6.07) is 0.876. The maximum atomic E-state index is 5.48. The highest BCUT2D eigenvalue weighted by Crippen LogP contribution is 2.34. The van der Waals surface area contributed by atoms with Crippen LogP contribution in [0.1, 0.15) is 25.7 Å². The van der Waals surface area contributed by atoms with Gasteiger partial charge in [-0.25, -0.2) is 0 Å². The van der Waals surface area contributed by atoms with Crippen LogP contribution in [-0.2, 0) is 4.74 Å². The molecule has 3 heteroatoms. The van der Waals surface area contributed by atoms with Crippen molar-refractivity contribution in [1.29, 1.82) is 0 Å². The smallest absolute Gasteiger partial charge is 0.0472 e. The third kappa shape index (κ3) is 2.92. The van der Waals surface area contributed by atoms with Crippen molar-refractivity contribution in [3.8, 4) is 0 Å². The van der Waals surface area contributed by atoms with Gasteiger partial charge in [0.25, 0.3) is 0 Å². The third-order valence-corrected chi connectivity index (χ3v) is 3.86. The van der Waals surface area contributed by atoms with Gasteiger partial charge in [-0.3, -0.25) is 0 Å². The quantitative estimate of drug-likeness (QED) is 0.738. The van der Waals surface area contributed by atoms with E-state index in [1.165, 1.54) is 32.2 Å². The van der Waals surface area contributed by atoms with E-state index < -0.39 is 0 Å². The summed E-state index contributed by atoms with van der Waals surface area (Å²) in [5, 5.41) is 3.36. The van der Waals surface area contributed by atoms with Crippen molar-refractivity contribution >= 4 is 0 Å². The van der Waals surface area contributed by atoms with E-state index in [1.54, 1.807) is 0 Å². The fraction of sp³-hybridized carbons (Fsp3) is 1.00. The van der Waals surface area contributed by atoms with E-state index in [9.17, 15) is 0 Å². The molecule has 88 valence electrons. The zero-order chi connectivity index (χ0) is 10.7. The molecule has 1 N–H and O–H groups in total. The Morgan fingerprint density at radius 3 is 2.53 bits per heavy atom. The van der Waals surface area contributed by atoms with Gasteiger partial charge in [0.15, 0.2) is 0 Å². The van der Waals surface area contributed by atoms with Gasteiger partial charge in [-0.05, 0) is 45.2 Å². The van der Waals surface area contributed by atoms with Crippen LogP contribution in [0.15, 0.2) is 0 Å². The predicted octanol–water partition coefficient (Wildman–Crippen LogP) is 1.10. The first-order valence-corrected chi connectivity index (χ1v) is 6.18. The number of hydrogen-bond donors (Lipinski definition) is 1. The molecule has 0 bridgehead atoms. The number of rotatable bonds is 5. The van der Waals surface area contributed by atoms with Gasteiger partial charge >= 0.3 is 0 Å². The summed E-state index contributed by atoms with van der Waals surface area (Å²) in [7, 11) is 4.35. The molecular formula is C12H24N2O. The monoisotopic (exact) mass is 212 g/mol. The topological polar surface area (TPSA) is 24.5 Å². The molecule has 0 unspecified atom stereocenters. The minimum absolute atomic E-state index is 0.463. The number of nitrogens with one attached hydrogen (secondary N) is 1. The lowest BCUT2D eigenvalue weighted by molar-refractivity contribution is -0.000799. The average molecular weight is 212 g/mol. The van der Waals surface area contributed by atoms with Crippen molar-refractivity contribution in [3.05, 3.63) is 0 Å². The number of hydrogen-bond acceptors (Lipinski definition) is 3. The molecule has 0 aromatic heterocycles. The maximum absolute atomic E-state index is 5.48. The molecule has 1 aliphatic heterocycles. The zero-order valence-corrected chi connectivity index (χ0v) is 10.1. The van der Waals surface area contributed by atoms with Crippen LogP contribution in [-0.4, -0.2) is 51.3 Å². The van der Waals surface area contributed by atoms with E-state index in [2.05, 4.69) is 24.3 Å². The second kappa shape index (κ2) is 4.81. The first kappa shape index (κ1) is 11.4. The average Bonchev–Trinajstić information content (AvgIpc) is 3.02. The fourth-order valence-corrected chi connectivity index (χ4v) is 2.74. The standard InChI is InChI=1S/C12H24N2O/c1-13-9-12(5-7-15-8-6-12)10-14(2)11-3-4-11/h11,13H,3-10H2,1-2H3. The highest BCUT2D eigenvalue weighted by Gasteiger charge is 2.36. The highest BCUT2D eigenvalue weighted by atomic mass is 16.5. The van der Waals surface area contributed by atoms with Crippen LogP contribution in [0.3, 0.4) is 0 Å². The van der Waals surface area contributed by atoms with Gasteiger partial charge in [-0.15, -0.1) is 0 Å². The highest BCUT2D eigenvalue weighted by molar-refractivity contribution is 4.91.